The lowest BCUT2D eigenvalue weighted by atomic mass is 10.1. The van der Waals surface area contributed by atoms with E-state index in [1.54, 1.807) is 18.2 Å². The first-order chi connectivity index (χ1) is 12.8. The van der Waals surface area contributed by atoms with E-state index in [9.17, 15) is 13.2 Å². The molecule has 0 aliphatic rings. The number of carbonyl (C=O) groups is 1. The van der Waals surface area contributed by atoms with Crippen LogP contribution in [0.2, 0.25) is 0 Å². The smallest absolute Gasteiger partial charge is 0.350 e. The Morgan fingerprint density at radius 3 is 2.26 bits per heavy atom. The molecule has 0 spiro atoms. The summed E-state index contributed by atoms with van der Waals surface area (Å²) in [6.45, 7) is 3.86. The number of ether oxygens (including phenoxy) is 1. The first kappa shape index (κ1) is 20.0. The monoisotopic (exact) mass is 385 g/mol. The fourth-order valence-corrected chi connectivity index (χ4v) is 3.20. The number of sulfonamides is 1. The number of carbonyl (C=O) groups excluding carboxylic acids is 1. The molecule has 2 aromatic carbocycles. The minimum atomic E-state index is -3.73. The van der Waals surface area contributed by atoms with Gasteiger partial charge in [-0.1, -0.05) is 6.07 Å². The number of benzene rings is 2. The molecular weight excluding hydrogens is 366 g/mol. The zero-order chi connectivity index (χ0) is 20.0. The van der Waals surface area contributed by atoms with E-state index in [2.05, 4.69) is 14.8 Å². The highest BCUT2D eigenvalue weighted by Gasteiger charge is 2.14. The lowest BCUT2D eigenvalue weighted by Gasteiger charge is -2.10. The molecule has 0 saturated carbocycles. The van der Waals surface area contributed by atoms with Crippen molar-refractivity contribution in [3.05, 3.63) is 65.4 Å². The number of methoxy groups -OCH3 is 1. The molecule has 0 fully saturated rings. The number of anilines is 2. The predicted molar refractivity (Wildman–Crippen MR) is 103 cm³/mol. The summed E-state index contributed by atoms with van der Waals surface area (Å²) in [6, 6.07) is 12.9. The molecule has 0 saturated heterocycles. The summed E-state index contributed by atoms with van der Waals surface area (Å²) >= 11 is 0. The van der Waals surface area contributed by atoms with Crippen molar-refractivity contribution in [3.8, 4) is 6.07 Å². The summed E-state index contributed by atoms with van der Waals surface area (Å²) in [5, 5.41) is 11.6. The summed E-state index contributed by atoms with van der Waals surface area (Å²) in [4.78, 5) is 11.4. The number of esters is 1. The van der Waals surface area contributed by atoms with E-state index in [1.807, 2.05) is 19.9 Å². The molecule has 2 rings (SSSR count). The van der Waals surface area contributed by atoms with Crippen LogP contribution >= 0.6 is 0 Å². The maximum Gasteiger partial charge on any atom is 0.350 e. The highest BCUT2D eigenvalue weighted by atomic mass is 32.2. The van der Waals surface area contributed by atoms with E-state index in [1.165, 1.54) is 37.6 Å². The zero-order valence-corrected chi connectivity index (χ0v) is 15.9. The minimum Gasteiger partial charge on any atom is -0.465 e. The van der Waals surface area contributed by atoms with Crippen molar-refractivity contribution in [1.29, 1.82) is 5.26 Å². The molecule has 0 aromatic heterocycles. The minimum absolute atomic E-state index is 0.0868. The summed E-state index contributed by atoms with van der Waals surface area (Å²) in [7, 11) is -2.56. The Morgan fingerprint density at radius 2 is 1.70 bits per heavy atom. The first-order valence-corrected chi connectivity index (χ1v) is 9.40. The number of nitrogens with one attached hydrogen (secondary N) is 2. The second-order valence-electron chi connectivity index (χ2n) is 5.73. The van der Waals surface area contributed by atoms with Crippen molar-refractivity contribution in [2.75, 3.05) is 17.1 Å². The van der Waals surface area contributed by atoms with Crippen molar-refractivity contribution < 1.29 is 17.9 Å². The van der Waals surface area contributed by atoms with Crippen molar-refractivity contribution in [1.82, 2.24) is 0 Å². The van der Waals surface area contributed by atoms with Gasteiger partial charge in [0.05, 0.1) is 12.0 Å². The standard InChI is InChI=1S/C19H19N3O4S/c1-13-4-5-17(10-14(13)2)22-27(24,25)18-8-6-16(7-9-18)21-12-15(11-20)19(23)26-3/h4-10,12,21-22H,1-3H3/b15-12+. The third kappa shape index (κ3) is 5.09. The van der Waals surface area contributed by atoms with Crippen LogP contribution in [0, 0.1) is 25.2 Å². The molecule has 0 aliphatic heterocycles. The normalized spacial score (nSPS) is 11.4. The zero-order valence-electron chi connectivity index (χ0n) is 15.1. The van der Waals surface area contributed by atoms with Gasteiger partial charge in [0.15, 0.2) is 5.57 Å². The Balaban J connectivity index is 2.15. The SMILES string of the molecule is COC(=O)/C(C#N)=C/Nc1ccc(S(=O)(=O)Nc2ccc(C)c(C)c2)cc1. The molecule has 0 bridgehead atoms. The maximum atomic E-state index is 12.5. The Morgan fingerprint density at radius 1 is 1.07 bits per heavy atom. The van der Waals surface area contributed by atoms with Gasteiger partial charge >= 0.3 is 5.97 Å². The van der Waals surface area contributed by atoms with E-state index < -0.39 is 16.0 Å². The third-order valence-corrected chi connectivity index (χ3v) is 5.23. The average Bonchev–Trinajstić information content (AvgIpc) is 2.65. The molecule has 7 nitrogen and oxygen atoms in total. The lowest BCUT2D eigenvalue weighted by molar-refractivity contribution is -0.135. The van der Waals surface area contributed by atoms with Gasteiger partial charge in [0.25, 0.3) is 10.0 Å². The molecule has 2 N–H and O–H groups in total. The van der Waals surface area contributed by atoms with Crippen LogP contribution in [0.3, 0.4) is 0 Å². The molecule has 140 valence electrons. The van der Waals surface area contributed by atoms with Gasteiger partial charge in [0.2, 0.25) is 0 Å². The third-order valence-electron chi connectivity index (χ3n) is 3.83. The van der Waals surface area contributed by atoms with E-state index >= 15 is 0 Å². The van der Waals surface area contributed by atoms with Crippen LogP contribution in [-0.4, -0.2) is 21.5 Å². The molecule has 2 aromatic rings. The number of aryl methyl sites for hydroxylation is 2. The van der Waals surface area contributed by atoms with E-state index in [0.29, 0.717) is 11.4 Å². The van der Waals surface area contributed by atoms with Gasteiger partial charge in [-0.15, -0.1) is 0 Å². The second kappa shape index (κ2) is 8.38. The quantitative estimate of drug-likeness (QED) is 0.449. The predicted octanol–water partition coefficient (Wildman–Crippen LogP) is 3.10. The van der Waals surface area contributed by atoms with Crippen molar-refractivity contribution in [2.24, 2.45) is 0 Å². The number of nitrogens with zero attached hydrogens (tertiary/aromatic N) is 1. The molecule has 0 atom stereocenters. The lowest BCUT2D eigenvalue weighted by Crippen LogP contribution is -2.13. The van der Waals surface area contributed by atoms with Crippen LogP contribution in [0.5, 0.6) is 0 Å². The largest absolute Gasteiger partial charge is 0.465 e. The second-order valence-corrected chi connectivity index (χ2v) is 7.42. The average molecular weight is 385 g/mol. The van der Waals surface area contributed by atoms with Gasteiger partial charge in [-0.3, -0.25) is 4.72 Å². The Kier molecular flexibility index (Phi) is 6.21. The van der Waals surface area contributed by atoms with Crippen molar-refractivity contribution >= 4 is 27.4 Å². The highest BCUT2D eigenvalue weighted by molar-refractivity contribution is 7.92. The van der Waals surface area contributed by atoms with E-state index in [-0.39, 0.29) is 10.5 Å². The van der Waals surface area contributed by atoms with Gasteiger partial charge in [0.1, 0.15) is 6.07 Å². The van der Waals surface area contributed by atoms with Crippen LogP contribution < -0.4 is 10.0 Å². The molecule has 0 aliphatic carbocycles. The molecule has 27 heavy (non-hydrogen) atoms. The summed E-state index contributed by atoms with van der Waals surface area (Å²) in [6.07, 6.45) is 1.20. The van der Waals surface area contributed by atoms with Gasteiger partial charge in [-0.05, 0) is 61.4 Å². The van der Waals surface area contributed by atoms with E-state index in [0.717, 1.165) is 11.1 Å². The summed E-state index contributed by atoms with van der Waals surface area (Å²) in [5.41, 5.74) is 2.85. The molecular formula is C19H19N3O4S. The van der Waals surface area contributed by atoms with Gasteiger partial charge in [0, 0.05) is 17.6 Å². The fraction of sp³-hybridized carbons (Fsp3) is 0.158. The van der Waals surface area contributed by atoms with Crippen LogP contribution in [0.4, 0.5) is 11.4 Å². The topological polar surface area (TPSA) is 108 Å². The maximum absolute atomic E-state index is 12.5. The van der Waals surface area contributed by atoms with Crippen molar-refractivity contribution in [2.45, 2.75) is 18.7 Å². The van der Waals surface area contributed by atoms with Crippen LogP contribution in [0.25, 0.3) is 0 Å². The fourth-order valence-electron chi connectivity index (χ4n) is 2.15. The van der Waals surface area contributed by atoms with Gasteiger partial charge in [-0.2, -0.15) is 5.26 Å². The molecule has 0 amide bonds. The molecule has 0 unspecified atom stereocenters. The Labute approximate surface area is 158 Å². The van der Waals surface area contributed by atoms with Crippen LogP contribution in [0.1, 0.15) is 11.1 Å². The molecule has 0 heterocycles. The first-order valence-electron chi connectivity index (χ1n) is 7.92. The summed E-state index contributed by atoms with van der Waals surface area (Å²) in [5.74, 6) is -0.762. The number of hydrogen-bond donors (Lipinski definition) is 2. The number of rotatable bonds is 6. The molecule has 0 radical (unpaired) electrons. The van der Waals surface area contributed by atoms with E-state index in [4.69, 9.17) is 5.26 Å². The molecule has 8 heteroatoms. The Hall–Kier alpha value is -3.31. The van der Waals surface area contributed by atoms with Gasteiger partial charge in [-0.25, -0.2) is 13.2 Å². The van der Waals surface area contributed by atoms with Gasteiger partial charge < -0.3 is 10.1 Å². The number of hydrogen-bond acceptors (Lipinski definition) is 6. The van der Waals surface area contributed by atoms with Crippen molar-refractivity contribution in [3.63, 3.8) is 0 Å². The highest BCUT2D eigenvalue weighted by Crippen LogP contribution is 2.20. The summed E-state index contributed by atoms with van der Waals surface area (Å²) < 4.78 is 32.0. The van der Waals surface area contributed by atoms with Crippen LogP contribution in [0.15, 0.2) is 59.1 Å². The van der Waals surface area contributed by atoms with Crippen LogP contribution in [-0.2, 0) is 19.6 Å². The number of nitriles is 1. The Bertz CT molecular complexity index is 1020.